The van der Waals surface area contributed by atoms with E-state index in [0.717, 1.165) is 44.0 Å². The molecular weight excluding hydrogens is 461 g/mol. The molecule has 1 amide bonds. The highest BCUT2D eigenvalue weighted by molar-refractivity contribution is 7.89. The molecule has 4 rings (SSSR count). The highest BCUT2D eigenvalue weighted by Crippen LogP contribution is 2.30. The van der Waals surface area contributed by atoms with Crippen molar-refractivity contribution in [1.82, 2.24) is 14.5 Å². The molecule has 3 heterocycles. The Morgan fingerprint density at radius 1 is 1.15 bits per heavy atom. The maximum absolute atomic E-state index is 13.2. The fourth-order valence-corrected chi connectivity index (χ4v) is 7.09. The number of sulfonamides is 1. The van der Waals surface area contributed by atoms with Gasteiger partial charge in [-0.2, -0.15) is 4.31 Å². The largest absolute Gasteiger partial charge is 0.354 e. The molecule has 2 saturated heterocycles. The van der Waals surface area contributed by atoms with E-state index in [9.17, 15) is 17.6 Å². The van der Waals surface area contributed by atoms with Crippen LogP contribution < -0.4 is 5.32 Å². The summed E-state index contributed by atoms with van der Waals surface area (Å²) in [5, 5.41) is 5.19. The number of carbonyl (C=O) groups excluding carboxylic acids is 1. The summed E-state index contributed by atoms with van der Waals surface area (Å²) in [5.41, 5.74) is 0. The molecule has 2 aromatic rings. The maximum atomic E-state index is 13.2. The van der Waals surface area contributed by atoms with Crippen molar-refractivity contribution in [3.05, 3.63) is 52.5 Å². The average Bonchev–Trinajstić information content (AvgIpc) is 3.35. The first-order chi connectivity index (χ1) is 15.8. The zero-order chi connectivity index (χ0) is 23.4. The zero-order valence-electron chi connectivity index (χ0n) is 19.0. The Morgan fingerprint density at radius 3 is 2.55 bits per heavy atom. The van der Waals surface area contributed by atoms with Crippen LogP contribution in [-0.4, -0.2) is 56.3 Å². The first kappa shape index (κ1) is 24.3. The Bertz CT molecular complexity index is 1020. The standard InChI is InChI=1S/C24H32FN3O3S2/c1-18-10-13-27(14-11-18)22(23-5-3-15-32-23)16-26-24(29)19-4-2-12-28(17-19)33(30,31)21-8-6-20(25)7-9-21/h3,5-9,15,18-19,22H,2,4,10-14,16-17H2,1H3,(H,26,29)/t19-,22+/m0/s1. The van der Waals surface area contributed by atoms with E-state index in [-0.39, 0.29) is 29.3 Å². The van der Waals surface area contributed by atoms with E-state index < -0.39 is 15.8 Å². The Kier molecular flexibility index (Phi) is 7.83. The van der Waals surface area contributed by atoms with Gasteiger partial charge in [0, 0.05) is 24.5 Å². The smallest absolute Gasteiger partial charge is 0.243 e. The van der Waals surface area contributed by atoms with Crippen LogP contribution >= 0.6 is 11.3 Å². The number of carbonyl (C=O) groups is 1. The van der Waals surface area contributed by atoms with Gasteiger partial charge in [0.2, 0.25) is 15.9 Å². The molecule has 2 aliphatic rings. The number of hydrogen-bond acceptors (Lipinski definition) is 5. The summed E-state index contributed by atoms with van der Waals surface area (Å²) >= 11 is 1.71. The van der Waals surface area contributed by atoms with Crippen molar-refractivity contribution >= 4 is 27.3 Å². The molecule has 0 radical (unpaired) electrons. The van der Waals surface area contributed by atoms with Gasteiger partial charge in [0.25, 0.3) is 0 Å². The Labute approximate surface area is 199 Å². The maximum Gasteiger partial charge on any atom is 0.243 e. The van der Waals surface area contributed by atoms with Gasteiger partial charge in [-0.25, -0.2) is 12.8 Å². The third-order valence-corrected chi connectivity index (χ3v) is 9.66. The summed E-state index contributed by atoms with van der Waals surface area (Å²) in [6.07, 6.45) is 3.60. The van der Waals surface area contributed by atoms with Crippen LogP contribution in [0.4, 0.5) is 4.39 Å². The molecule has 0 spiro atoms. The topological polar surface area (TPSA) is 69.7 Å². The summed E-state index contributed by atoms with van der Waals surface area (Å²) in [6.45, 7) is 5.37. The van der Waals surface area contributed by atoms with Crippen molar-refractivity contribution in [3.8, 4) is 0 Å². The second kappa shape index (κ2) is 10.6. The predicted octanol–water partition coefficient (Wildman–Crippen LogP) is 3.88. The van der Waals surface area contributed by atoms with E-state index in [2.05, 4.69) is 28.6 Å². The summed E-state index contributed by atoms with van der Waals surface area (Å²) in [5.74, 6) is -0.232. The molecule has 1 N–H and O–H groups in total. The first-order valence-corrected chi connectivity index (χ1v) is 14.0. The highest BCUT2D eigenvalue weighted by atomic mass is 32.2. The zero-order valence-corrected chi connectivity index (χ0v) is 20.6. The van der Waals surface area contributed by atoms with Crippen molar-refractivity contribution in [3.63, 3.8) is 0 Å². The molecule has 1 aromatic heterocycles. The minimum Gasteiger partial charge on any atom is -0.354 e. The van der Waals surface area contributed by atoms with Crippen molar-refractivity contribution in [2.45, 2.75) is 43.5 Å². The summed E-state index contributed by atoms with van der Waals surface area (Å²) < 4.78 is 40.6. The Morgan fingerprint density at radius 2 is 1.88 bits per heavy atom. The van der Waals surface area contributed by atoms with Crippen LogP contribution in [0.1, 0.15) is 43.5 Å². The van der Waals surface area contributed by atoms with Gasteiger partial charge < -0.3 is 5.32 Å². The number of nitrogens with one attached hydrogen (secondary N) is 1. The van der Waals surface area contributed by atoms with Gasteiger partial charge in [-0.3, -0.25) is 9.69 Å². The molecule has 0 saturated carbocycles. The van der Waals surface area contributed by atoms with Gasteiger partial charge in [-0.15, -0.1) is 11.3 Å². The quantitative estimate of drug-likeness (QED) is 0.636. The van der Waals surface area contributed by atoms with Gasteiger partial charge in [0.05, 0.1) is 16.9 Å². The molecule has 6 nitrogen and oxygen atoms in total. The fraction of sp³-hybridized carbons (Fsp3) is 0.542. The second-order valence-electron chi connectivity index (χ2n) is 9.15. The number of hydrogen-bond donors (Lipinski definition) is 1. The van der Waals surface area contributed by atoms with E-state index >= 15 is 0 Å². The van der Waals surface area contributed by atoms with Crippen LogP contribution in [0.3, 0.4) is 0 Å². The number of rotatable bonds is 7. The monoisotopic (exact) mass is 493 g/mol. The third-order valence-electron chi connectivity index (χ3n) is 6.81. The van der Waals surface area contributed by atoms with Crippen molar-refractivity contribution < 1.29 is 17.6 Å². The molecule has 0 aliphatic carbocycles. The van der Waals surface area contributed by atoms with Crippen LogP contribution in [0.5, 0.6) is 0 Å². The molecule has 2 atom stereocenters. The summed E-state index contributed by atoms with van der Waals surface area (Å²) in [7, 11) is -3.75. The first-order valence-electron chi connectivity index (χ1n) is 11.7. The third kappa shape index (κ3) is 5.82. The van der Waals surface area contributed by atoms with E-state index in [1.165, 1.54) is 21.3 Å². The molecule has 0 unspecified atom stereocenters. The van der Waals surface area contributed by atoms with Gasteiger partial charge in [-0.05, 0) is 80.4 Å². The molecule has 1 aromatic carbocycles. The van der Waals surface area contributed by atoms with Gasteiger partial charge in [-0.1, -0.05) is 13.0 Å². The summed E-state index contributed by atoms with van der Waals surface area (Å²) in [4.78, 5) is 16.8. The summed E-state index contributed by atoms with van der Waals surface area (Å²) in [6, 6.07) is 9.15. The lowest BCUT2D eigenvalue weighted by atomic mass is 9.97. The van der Waals surface area contributed by atoms with Crippen LogP contribution in [0.15, 0.2) is 46.7 Å². The molecule has 2 fully saturated rings. The highest BCUT2D eigenvalue weighted by Gasteiger charge is 2.34. The molecule has 180 valence electrons. The predicted molar refractivity (Wildman–Crippen MR) is 128 cm³/mol. The molecule has 0 bridgehead atoms. The van der Waals surface area contributed by atoms with Crippen molar-refractivity contribution in [1.29, 1.82) is 0 Å². The Balaban J connectivity index is 1.39. The minimum atomic E-state index is -3.75. The number of thiophene rings is 1. The number of amides is 1. The van der Waals surface area contributed by atoms with Crippen molar-refractivity contribution in [2.24, 2.45) is 11.8 Å². The lowest BCUT2D eigenvalue weighted by Gasteiger charge is -2.37. The van der Waals surface area contributed by atoms with Crippen molar-refractivity contribution in [2.75, 3.05) is 32.7 Å². The SMILES string of the molecule is CC1CCN([C@H](CNC(=O)[C@H]2CCCN(S(=O)(=O)c3ccc(F)cc3)C2)c2cccs2)CC1. The number of likely N-dealkylation sites (tertiary alicyclic amines) is 1. The average molecular weight is 494 g/mol. The lowest BCUT2D eigenvalue weighted by Crippen LogP contribution is -2.47. The molecule has 33 heavy (non-hydrogen) atoms. The molecule has 9 heteroatoms. The normalized spacial score (nSPS) is 22.2. The fourth-order valence-electron chi connectivity index (χ4n) is 4.70. The van der Waals surface area contributed by atoms with Crippen LogP contribution in [-0.2, 0) is 14.8 Å². The number of nitrogens with zero attached hydrogens (tertiary/aromatic N) is 2. The number of halogens is 1. The minimum absolute atomic E-state index is 0.0574. The van der Waals surface area contributed by atoms with Gasteiger partial charge in [0.15, 0.2) is 0 Å². The van der Waals surface area contributed by atoms with E-state index in [1.54, 1.807) is 11.3 Å². The van der Waals surface area contributed by atoms with E-state index in [1.807, 2.05) is 6.07 Å². The lowest BCUT2D eigenvalue weighted by molar-refractivity contribution is -0.126. The van der Waals surface area contributed by atoms with Crippen LogP contribution in [0.2, 0.25) is 0 Å². The Hall–Kier alpha value is -1.81. The second-order valence-corrected chi connectivity index (χ2v) is 12.1. The number of benzene rings is 1. The van der Waals surface area contributed by atoms with E-state index in [0.29, 0.717) is 25.9 Å². The number of piperidine rings is 2. The molecule has 2 aliphatic heterocycles. The molecular formula is C24H32FN3O3S2. The van der Waals surface area contributed by atoms with Crippen LogP contribution in [0.25, 0.3) is 0 Å². The van der Waals surface area contributed by atoms with Gasteiger partial charge >= 0.3 is 0 Å². The van der Waals surface area contributed by atoms with Gasteiger partial charge in [0.1, 0.15) is 5.82 Å². The van der Waals surface area contributed by atoms with Crippen LogP contribution in [0, 0.1) is 17.7 Å². The van der Waals surface area contributed by atoms with E-state index in [4.69, 9.17) is 0 Å².